The molecule has 0 spiro atoms. The van der Waals surface area contributed by atoms with E-state index in [0.717, 1.165) is 9.79 Å². The normalized spacial score (nSPS) is 10.3. The maximum atomic E-state index is 9.60. The Kier molecular flexibility index (Phi) is 3.49. The van der Waals surface area contributed by atoms with Crippen LogP contribution in [0.1, 0.15) is 5.56 Å². The lowest BCUT2D eigenvalue weighted by Gasteiger charge is -2.05. The molecule has 2 aromatic rings. The number of rotatable bonds is 3. The third kappa shape index (κ3) is 2.56. The summed E-state index contributed by atoms with van der Waals surface area (Å²) >= 11 is 1.58. The van der Waals surface area contributed by atoms with Crippen LogP contribution in [0.25, 0.3) is 0 Å². The topological polar surface area (TPSA) is 40.5 Å². The predicted octanol–water partition coefficient (Wildman–Crippen LogP) is 3.04. The quantitative estimate of drug-likeness (QED) is 0.854. The first-order valence-electron chi connectivity index (χ1n) is 4.95. The van der Waals surface area contributed by atoms with Crippen LogP contribution in [0.4, 0.5) is 0 Å². The number of benzene rings is 2. The minimum atomic E-state index is -0.137. The van der Waals surface area contributed by atoms with Crippen molar-refractivity contribution in [2.45, 2.75) is 16.4 Å². The van der Waals surface area contributed by atoms with E-state index in [-0.39, 0.29) is 12.4 Å². The average Bonchev–Trinajstić information content (AvgIpc) is 2.31. The summed E-state index contributed by atoms with van der Waals surface area (Å²) in [5.74, 6) is 0.142. The molecule has 0 unspecified atom stereocenters. The molecule has 82 valence electrons. The molecule has 0 aliphatic heterocycles. The van der Waals surface area contributed by atoms with Crippen LogP contribution < -0.4 is 0 Å². The third-order valence-electron chi connectivity index (χ3n) is 2.21. The molecule has 0 fully saturated rings. The Morgan fingerprint density at radius 3 is 2.31 bits per heavy atom. The van der Waals surface area contributed by atoms with Gasteiger partial charge in [-0.3, -0.25) is 0 Å². The van der Waals surface area contributed by atoms with E-state index in [2.05, 4.69) is 0 Å². The first kappa shape index (κ1) is 11.0. The van der Waals surface area contributed by atoms with E-state index in [4.69, 9.17) is 5.11 Å². The van der Waals surface area contributed by atoms with Gasteiger partial charge < -0.3 is 10.2 Å². The van der Waals surface area contributed by atoms with Crippen molar-refractivity contribution in [3.05, 3.63) is 54.1 Å². The van der Waals surface area contributed by atoms with Crippen LogP contribution in [0, 0.1) is 0 Å². The van der Waals surface area contributed by atoms with E-state index < -0.39 is 0 Å². The summed E-state index contributed by atoms with van der Waals surface area (Å²) in [4.78, 5) is 2.08. The van der Waals surface area contributed by atoms with Crippen LogP contribution in [-0.2, 0) is 6.61 Å². The maximum Gasteiger partial charge on any atom is 0.122 e. The molecule has 0 amide bonds. The molecule has 3 heteroatoms. The van der Waals surface area contributed by atoms with Crippen LogP contribution in [-0.4, -0.2) is 10.2 Å². The van der Waals surface area contributed by atoms with Gasteiger partial charge >= 0.3 is 0 Å². The Bertz CT molecular complexity index is 469. The molecule has 0 atom stereocenters. The van der Waals surface area contributed by atoms with Gasteiger partial charge in [0.1, 0.15) is 5.75 Å². The van der Waals surface area contributed by atoms with E-state index in [0.29, 0.717) is 5.56 Å². The summed E-state index contributed by atoms with van der Waals surface area (Å²) in [5.41, 5.74) is 0.553. The molecule has 16 heavy (non-hydrogen) atoms. The summed E-state index contributed by atoms with van der Waals surface area (Å²) in [6, 6.07) is 15.3. The second kappa shape index (κ2) is 5.05. The lowest BCUT2D eigenvalue weighted by atomic mass is 10.2. The van der Waals surface area contributed by atoms with Crippen LogP contribution in [0.15, 0.2) is 58.3 Å². The van der Waals surface area contributed by atoms with Gasteiger partial charge in [-0.1, -0.05) is 36.0 Å². The first-order valence-corrected chi connectivity index (χ1v) is 5.77. The van der Waals surface area contributed by atoms with E-state index in [9.17, 15) is 5.11 Å². The summed E-state index contributed by atoms with van der Waals surface area (Å²) in [6.07, 6.45) is 0. The molecule has 0 saturated heterocycles. The summed E-state index contributed by atoms with van der Waals surface area (Å²) in [7, 11) is 0. The second-order valence-electron chi connectivity index (χ2n) is 3.36. The molecule has 0 radical (unpaired) electrons. The molecular weight excluding hydrogens is 220 g/mol. The minimum absolute atomic E-state index is 0.137. The minimum Gasteiger partial charge on any atom is -0.508 e. The second-order valence-corrected chi connectivity index (χ2v) is 4.51. The Balaban J connectivity index is 2.20. The van der Waals surface area contributed by atoms with Crippen LogP contribution in [0.2, 0.25) is 0 Å². The molecule has 0 saturated carbocycles. The summed E-state index contributed by atoms with van der Waals surface area (Å²) in [6.45, 7) is -0.137. The number of aromatic hydroxyl groups is 1. The fourth-order valence-corrected chi connectivity index (χ4v) is 2.24. The van der Waals surface area contributed by atoms with E-state index in [1.165, 1.54) is 0 Å². The highest BCUT2D eigenvalue weighted by atomic mass is 32.2. The van der Waals surface area contributed by atoms with Gasteiger partial charge in [-0.25, -0.2) is 0 Å². The molecule has 0 aromatic heterocycles. The van der Waals surface area contributed by atoms with Crippen molar-refractivity contribution in [3.63, 3.8) is 0 Å². The zero-order valence-corrected chi connectivity index (χ0v) is 9.45. The highest BCUT2D eigenvalue weighted by molar-refractivity contribution is 7.99. The van der Waals surface area contributed by atoms with Crippen molar-refractivity contribution in [2.75, 3.05) is 0 Å². The molecule has 0 aliphatic rings. The van der Waals surface area contributed by atoms with Gasteiger partial charge in [-0.15, -0.1) is 0 Å². The smallest absolute Gasteiger partial charge is 0.122 e. The monoisotopic (exact) mass is 232 g/mol. The molecule has 2 nitrogen and oxygen atoms in total. The molecular formula is C13H12O2S. The number of aliphatic hydroxyl groups is 1. The lowest BCUT2D eigenvalue weighted by Crippen LogP contribution is -1.84. The van der Waals surface area contributed by atoms with Crippen molar-refractivity contribution < 1.29 is 10.2 Å². The Hall–Kier alpha value is -1.45. The standard InChI is InChI=1S/C13H12O2S/c14-9-10-6-7-12(8-13(10)15)16-11-4-2-1-3-5-11/h1-8,14-15H,9H2. The van der Waals surface area contributed by atoms with Crippen molar-refractivity contribution in [1.82, 2.24) is 0 Å². The van der Waals surface area contributed by atoms with Crippen LogP contribution in [0.5, 0.6) is 5.75 Å². The maximum absolute atomic E-state index is 9.60. The highest BCUT2D eigenvalue weighted by Gasteiger charge is 2.02. The molecule has 0 heterocycles. The molecule has 2 aromatic carbocycles. The first-order chi connectivity index (χ1) is 7.79. The average molecular weight is 232 g/mol. The lowest BCUT2D eigenvalue weighted by molar-refractivity contribution is 0.275. The number of aliphatic hydroxyl groups excluding tert-OH is 1. The van der Waals surface area contributed by atoms with Gasteiger partial charge in [0.05, 0.1) is 6.61 Å². The van der Waals surface area contributed by atoms with E-state index >= 15 is 0 Å². The zero-order chi connectivity index (χ0) is 11.4. The van der Waals surface area contributed by atoms with Gasteiger partial charge in [-0.05, 0) is 24.3 Å². The number of hydrogen-bond donors (Lipinski definition) is 2. The Morgan fingerprint density at radius 2 is 1.69 bits per heavy atom. The number of phenols is 1. The van der Waals surface area contributed by atoms with Gasteiger partial charge in [0, 0.05) is 15.4 Å². The fraction of sp³-hybridized carbons (Fsp3) is 0.0769. The zero-order valence-electron chi connectivity index (χ0n) is 8.63. The van der Waals surface area contributed by atoms with Gasteiger partial charge in [0.25, 0.3) is 0 Å². The third-order valence-corrected chi connectivity index (χ3v) is 3.20. The van der Waals surface area contributed by atoms with Gasteiger partial charge in [-0.2, -0.15) is 0 Å². The van der Waals surface area contributed by atoms with E-state index in [1.54, 1.807) is 23.9 Å². The van der Waals surface area contributed by atoms with Gasteiger partial charge in [0.2, 0.25) is 0 Å². The van der Waals surface area contributed by atoms with Crippen molar-refractivity contribution in [2.24, 2.45) is 0 Å². The summed E-state index contributed by atoms with van der Waals surface area (Å²) in [5, 5.41) is 18.5. The van der Waals surface area contributed by atoms with Crippen LogP contribution in [0.3, 0.4) is 0 Å². The van der Waals surface area contributed by atoms with Crippen molar-refractivity contribution in [3.8, 4) is 5.75 Å². The van der Waals surface area contributed by atoms with E-state index in [1.807, 2.05) is 36.4 Å². The fourth-order valence-electron chi connectivity index (χ4n) is 1.37. The Labute approximate surface area is 98.6 Å². The molecule has 0 aliphatic carbocycles. The molecule has 2 N–H and O–H groups in total. The summed E-state index contributed by atoms with van der Waals surface area (Å²) < 4.78 is 0. The van der Waals surface area contributed by atoms with Crippen molar-refractivity contribution >= 4 is 11.8 Å². The number of hydrogen-bond acceptors (Lipinski definition) is 3. The molecule has 0 bridgehead atoms. The highest BCUT2D eigenvalue weighted by Crippen LogP contribution is 2.31. The van der Waals surface area contributed by atoms with Crippen molar-refractivity contribution in [1.29, 1.82) is 0 Å². The van der Waals surface area contributed by atoms with Gasteiger partial charge in [0.15, 0.2) is 0 Å². The largest absolute Gasteiger partial charge is 0.508 e. The molecule has 2 rings (SSSR count). The SMILES string of the molecule is OCc1ccc(Sc2ccccc2)cc1O. The Morgan fingerprint density at radius 1 is 0.938 bits per heavy atom. The predicted molar refractivity (Wildman–Crippen MR) is 64.6 cm³/mol. The van der Waals surface area contributed by atoms with Crippen LogP contribution >= 0.6 is 11.8 Å².